The number of halogens is 1. The fourth-order valence-electron chi connectivity index (χ4n) is 4.42. The zero-order valence-electron chi connectivity index (χ0n) is 18.7. The number of nitro benzene ring substituents is 1. The number of nitrogens with zero attached hydrogens (tertiary/aromatic N) is 3. The third-order valence-corrected chi connectivity index (χ3v) is 6.33. The molecule has 0 amide bonds. The molecule has 35 heavy (non-hydrogen) atoms. The highest BCUT2D eigenvalue weighted by atomic mass is 35.5. The van der Waals surface area contributed by atoms with E-state index in [4.69, 9.17) is 21.1 Å². The number of ketones is 1. The van der Waals surface area contributed by atoms with Gasteiger partial charge < -0.3 is 9.47 Å². The average Bonchev–Trinajstić information content (AvgIpc) is 3.22. The number of carbonyl (C=O) groups is 3. The molecule has 10 nitrogen and oxygen atoms in total. The molecule has 2 heterocycles. The van der Waals surface area contributed by atoms with Crippen LogP contribution in [0.2, 0.25) is 5.02 Å². The number of fused-ring (bicyclic) bond motifs is 1. The molecule has 4 rings (SSSR count). The molecule has 2 aliphatic heterocycles. The van der Waals surface area contributed by atoms with E-state index in [2.05, 4.69) is 5.10 Å². The summed E-state index contributed by atoms with van der Waals surface area (Å²) in [5, 5.41) is 17.6. The minimum absolute atomic E-state index is 0.122. The molecule has 0 radical (unpaired) electrons. The van der Waals surface area contributed by atoms with Gasteiger partial charge in [-0.1, -0.05) is 29.8 Å². The molecule has 1 fully saturated rings. The van der Waals surface area contributed by atoms with Gasteiger partial charge in [-0.15, -0.1) is 0 Å². The number of non-ortho nitro benzene ring substituents is 1. The van der Waals surface area contributed by atoms with Crippen LogP contribution in [0.15, 0.2) is 65.8 Å². The van der Waals surface area contributed by atoms with Crippen molar-refractivity contribution in [1.82, 2.24) is 5.01 Å². The van der Waals surface area contributed by atoms with Gasteiger partial charge in [-0.3, -0.25) is 29.5 Å². The van der Waals surface area contributed by atoms with Crippen LogP contribution in [0.1, 0.15) is 15.9 Å². The summed E-state index contributed by atoms with van der Waals surface area (Å²) >= 11 is 5.98. The third-order valence-electron chi connectivity index (χ3n) is 6.08. The number of ether oxygens (including phenoxy) is 2. The Morgan fingerprint density at radius 2 is 1.57 bits per heavy atom. The Labute approximate surface area is 204 Å². The molecule has 2 aromatic carbocycles. The van der Waals surface area contributed by atoms with Gasteiger partial charge in [-0.25, -0.2) is 0 Å². The van der Waals surface area contributed by atoms with Crippen molar-refractivity contribution < 1.29 is 28.8 Å². The van der Waals surface area contributed by atoms with Crippen LogP contribution in [0.25, 0.3) is 0 Å². The van der Waals surface area contributed by atoms with E-state index >= 15 is 0 Å². The predicted octanol–water partition coefficient (Wildman–Crippen LogP) is 3.04. The Morgan fingerprint density at radius 3 is 2.14 bits per heavy atom. The number of methoxy groups -OCH3 is 2. The SMILES string of the molecule is COC(=O)[C@@H]1C(C(=O)c2ccc([N+](=O)[O-])cc2)N2N=C(c3ccc(Cl)cc3)C=CC2[C@@H]1C(=O)OC. The third kappa shape index (κ3) is 4.40. The number of hydrogen-bond acceptors (Lipinski definition) is 9. The topological polar surface area (TPSA) is 128 Å². The van der Waals surface area contributed by atoms with Crippen LogP contribution in [-0.2, 0) is 19.1 Å². The lowest BCUT2D eigenvalue weighted by molar-refractivity contribution is -0.384. The number of Topliss-reactive ketones (excluding diaryl/α,β-unsaturated/α-hetero) is 1. The van der Waals surface area contributed by atoms with Gasteiger partial charge in [-0.2, -0.15) is 5.10 Å². The zero-order valence-corrected chi connectivity index (χ0v) is 19.4. The largest absolute Gasteiger partial charge is 0.469 e. The molecule has 0 aromatic heterocycles. The van der Waals surface area contributed by atoms with Gasteiger partial charge in [0.1, 0.15) is 12.0 Å². The van der Waals surface area contributed by atoms with Crippen molar-refractivity contribution in [2.45, 2.75) is 12.1 Å². The number of allylic oxidation sites excluding steroid dienone is 1. The summed E-state index contributed by atoms with van der Waals surface area (Å²) in [6.07, 6.45) is 3.39. The summed E-state index contributed by atoms with van der Waals surface area (Å²) in [4.78, 5) is 49.8. The molecular weight excluding hydrogens is 478 g/mol. The van der Waals surface area contributed by atoms with Crippen molar-refractivity contribution in [1.29, 1.82) is 0 Å². The van der Waals surface area contributed by atoms with Gasteiger partial charge in [0.15, 0.2) is 5.78 Å². The van der Waals surface area contributed by atoms with E-state index < -0.39 is 46.6 Å². The molecular formula is C24H20ClN3O7. The molecule has 0 saturated carbocycles. The molecule has 11 heteroatoms. The van der Waals surface area contributed by atoms with Crippen molar-refractivity contribution in [3.63, 3.8) is 0 Å². The van der Waals surface area contributed by atoms with Gasteiger partial charge in [0.2, 0.25) is 0 Å². The second-order valence-electron chi connectivity index (χ2n) is 7.93. The van der Waals surface area contributed by atoms with E-state index in [-0.39, 0.29) is 11.3 Å². The van der Waals surface area contributed by atoms with E-state index in [1.54, 1.807) is 36.4 Å². The lowest BCUT2D eigenvalue weighted by atomic mass is 9.84. The number of benzene rings is 2. The first-order chi connectivity index (χ1) is 16.8. The van der Waals surface area contributed by atoms with Gasteiger partial charge in [0.25, 0.3) is 5.69 Å². The van der Waals surface area contributed by atoms with E-state index in [0.717, 1.165) is 0 Å². The summed E-state index contributed by atoms with van der Waals surface area (Å²) < 4.78 is 9.91. The van der Waals surface area contributed by atoms with Gasteiger partial charge in [-0.05, 0) is 30.3 Å². The van der Waals surface area contributed by atoms with E-state index in [1.807, 2.05) is 0 Å². The van der Waals surface area contributed by atoms with E-state index in [0.29, 0.717) is 16.3 Å². The first-order valence-electron chi connectivity index (χ1n) is 10.5. The summed E-state index contributed by atoms with van der Waals surface area (Å²) in [5.74, 6) is -4.29. The highest BCUT2D eigenvalue weighted by Gasteiger charge is 2.59. The minimum Gasteiger partial charge on any atom is -0.469 e. The van der Waals surface area contributed by atoms with Crippen LogP contribution < -0.4 is 0 Å². The molecule has 2 aliphatic rings. The lowest BCUT2D eigenvalue weighted by Crippen LogP contribution is -2.43. The summed E-state index contributed by atoms with van der Waals surface area (Å²) in [7, 11) is 2.36. The van der Waals surface area contributed by atoms with Crippen molar-refractivity contribution in [3.8, 4) is 0 Å². The molecule has 4 atom stereocenters. The standard InChI is InChI=1S/C24H20ClN3O7/c1-34-23(30)19-18-12-11-17(13-3-7-15(25)8-4-13)26-27(18)21(20(19)24(31)35-2)22(29)14-5-9-16(10-6-14)28(32)33/h3-12,18-21H,1-2H3/t18?,19-,20-,21?/m0/s1. The Balaban J connectivity index is 1.82. The summed E-state index contributed by atoms with van der Waals surface area (Å²) in [5.41, 5.74) is 1.14. The molecule has 0 aliphatic carbocycles. The molecule has 1 saturated heterocycles. The highest BCUT2D eigenvalue weighted by molar-refractivity contribution is 6.30. The highest BCUT2D eigenvalue weighted by Crippen LogP contribution is 2.41. The molecule has 2 unspecified atom stereocenters. The monoisotopic (exact) mass is 497 g/mol. The van der Waals surface area contributed by atoms with Crippen LogP contribution in [0, 0.1) is 22.0 Å². The van der Waals surface area contributed by atoms with Crippen LogP contribution >= 0.6 is 11.6 Å². The molecule has 0 bridgehead atoms. The molecule has 0 spiro atoms. The maximum absolute atomic E-state index is 13.7. The quantitative estimate of drug-likeness (QED) is 0.258. The number of carbonyl (C=O) groups excluding carboxylic acids is 3. The lowest BCUT2D eigenvalue weighted by Gasteiger charge is -2.29. The number of rotatable bonds is 6. The van der Waals surface area contributed by atoms with Crippen molar-refractivity contribution in [2.75, 3.05) is 14.2 Å². The Hall–Kier alpha value is -4.05. The molecule has 2 aromatic rings. The second kappa shape index (κ2) is 9.67. The smallest absolute Gasteiger partial charge is 0.312 e. The molecule has 180 valence electrons. The van der Waals surface area contributed by atoms with Gasteiger partial charge in [0.05, 0.1) is 36.8 Å². The first-order valence-corrected chi connectivity index (χ1v) is 10.9. The van der Waals surface area contributed by atoms with Crippen molar-refractivity contribution in [2.24, 2.45) is 16.9 Å². The number of nitro groups is 1. The average molecular weight is 498 g/mol. The summed E-state index contributed by atoms with van der Waals surface area (Å²) in [6.45, 7) is 0. The van der Waals surface area contributed by atoms with Crippen LogP contribution in [0.4, 0.5) is 5.69 Å². The maximum Gasteiger partial charge on any atom is 0.312 e. The number of hydrogen-bond donors (Lipinski definition) is 0. The summed E-state index contributed by atoms with van der Waals surface area (Å²) in [6, 6.07) is 9.92. The van der Waals surface area contributed by atoms with Gasteiger partial charge in [0, 0.05) is 28.3 Å². The fourth-order valence-corrected chi connectivity index (χ4v) is 4.54. The van der Waals surface area contributed by atoms with Crippen LogP contribution in [-0.4, -0.2) is 59.7 Å². The minimum atomic E-state index is -1.22. The van der Waals surface area contributed by atoms with Crippen molar-refractivity contribution in [3.05, 3.63) is 86.9 Å². The normalized spacial score (nSPS) is 22.7. The Kier molecular flexibility index (Phi) is 6.65. The Morgan fingerprint density at radius 1 is 0.971 bits per heavy atom. The van der Waals surface area contributed by atoms with Crippen LogP contribution in [0.5, 0.6) is 0 Å². The fraction of sp³-hybridized carbons (Fsp3) is 0.250. The second-order valence-corrected chi connectivity index (χ2v) is 8.37. The zero-order chi connectivity index (χ0) is 25.3. The number of esters is 2. The predicted molar refractivity (Wildman–Crippen MR) is 125 cm³/mol. The van der Waals surface area contributed by atoms with Gasteiger partial charge >= 0.3 is 11.9 Å². The van der Waals surface area contributed by atoms with Crippen LogP contribution in [0.3, 0.4) is 0 Å². The maximum atomic E-state index is 13.7. The van der Waals surface area contributed by atoms with Crippen molar-refractivity contribution >= 4 is 40.7 Å². The molecule has 0 N–H and O–H groups in total. The first kappa shape index (κ1) is 24.1. The number of hydrazone groups is 1. The van der Waals surface area contributed by atoms with E-state index in [9.17, 15) is 24.5 Å². The Bertz CT molecular complexity index is 1240. The van der Waals surface area contributed by atoms with E-state index in [1.165, 1.54) is 43.5 Å².